The van der Waals surface area contributed by atoms with Gasteiger partial charge in [0, 0.05) is 6.92 Å². The normalized spacial score (nSPS) is 11.8. The average Bonchev–Trinajstić information content (AvgIpc) is 2.59. The fraction of sp³-hybridized carbons (Fsp3) is 0.381. The number of hydrogen-bond donors (Lipinski definition) is 0. The molecule has 2 rings (SSSR count). The van der Waals surface area contributed by atoms with Crippen molar-refractivity contribution in [3.05, 3.63) is 54.1 Å². The van der Waals surface area contributed by atoms with Crippen molar-refractivity contribution >= 4 is 5.97 Å². The van der Waals surface area contributed by atoms with Crippen LogP contribution in [0.5, 0.6) is 5.75 Å². The lowest BCUT2D eigenvalue weighted by Gasteiger charge is -2.13. The topological polar surface area (TPSA) is 35.5 Å². The van der Waals surface area contributed by atoms with Crippen molar-refractivity contribution in [2.75, 3.05) is 6.61 Å². The average molecular weight is 326 g/mol. The summed E-state index contributed by atoms with van der Waals surface area (Å²) in [6.45, 7) is 6.26. The van der Waals surface area contributed by atoms with Gasteiger partial charge in [0.05, 0.1) is 6.61 Å². The largest absolute Gasteiger partial charge is 0.494 e. The molecule has 1 atom stereocenters. The summed E-state index contributed by atoms with van der Waals surface area (Å²) in [5, 5.41) is 0. The molecule has 0 radical (unpaired) electrons. The summed E-state index contributed by atoms with van der Waals surface area (Å²) in [4.78, 5) is 11.0. The van der Waals surface area contributed by atoms with Crippen LogP contribution in [0.4, 0.5) is 0 Å². The summed E-state index contributed by atoms with van der Waals surface area (Å²) in [6.07, 6.45) is 3.28. The van der Waals surface area contributed by atoms with E-state index in [1.165, 1.54) is 19.8 Å². The van der Waals surface area contributed by atoms with E-state index in [-0.39, 0.29) is 12.1 Å². The standard InChI is InChI=1S/C21H26O3/c1-4-5-6-15-23-21-13-11-20(12-14-21)19-9-7-18(8-10-19)16(2)24-17(3)22/h7-14,16H,4-6,15H2,1-3H3. The van der Waals surface area contributed by atoms with Gasteiger partial charge in [-0.1, -0.05) is 56.2 Å². The minimum Gasteiger partial charge on any atom is -0.494 e. The summed E-state index contributed by atoms with van der Waals surface area (Å²) in [5.41, 5.74) is 3.26. The van der Waals surface area contributed by atoms with E-state index >= 15 is 0 Å². The van der Waals surface area contributed by atoms with Crippen LogP contribution in [0.15, 0.2) is 48.5 Å². The molecule has 128 valence electrons. The van der Waals surface area contributed by atoms with E-state index < -0.39 is 0 Å². The number of carbonyl (C=O) groups excluding carboxylic acids is 1. The van der Waals surface area contributed by atoms with E-state index in [9.17, 15) is 4.79 Å². The molecule has 0 N–H and O–H groups in total. The highest BCUT2D eigenvalue weighted by Gasteiger charge is 2.08. The monoisotopic (exact) mass is 326 g/mol. The zero-order chi connectivity index (χ0) is 17.4. The molecule has 1 unspecified atom stereocenters. The first-order valence-electron chi connectivity index (χ1n) is 8.60. The van der Waals surface area contributed by atoms with Crippen LogP contribution in [0.25, 0.3) is 11.1 Å². The van der Waals surface area contributed by atoms with Gasteiger partial charge < -0.3 is 9.47 Å². The predicted octanol–water partition coefficient (Wildman–Crippen LogP) is 5.55. The number of benzene rings is 2. The van der Waals surface area contributed by atoms with E-state index in [0.717, 1.165) is 35.5 Å². The first-order chi connectivity index (χ1) is 11.6. The molecule has 0 saturated heterocycles. The second kappa shape index (κ2) is 9.11. The SMILES string of the molecule is CCCCCOc1ccc(-c2ccc(C(C)OC(C)=O)cc2)cc1. The van der Waals surface area contributed by atoms with Crippen LogP contribution >= 0.6 is 0 Å². The number of rotatable bonds is 8. The molecular formula is C21H26O3. The van der Waals surface area contributed by atoms with Gasteiger partial charge in [0.1, 0.15) is 11.9 Å². The Hall–Kier alpha value is -2.29. The Morgan fingerprint density at radius 1 is 0.958 bits per heavy atom. The molecule has 0 aliphatic heterocycles. The molecular weight excluding hydrogens is 300 g/mol. The van der Waals surface area contributed by atoms with Gasteiger partial charge in [-0.2, -0.15) is 0 Å². The van der Waals surface area contributed by atoms with E-state index in [4.69, 9.17) is 9.47 Å². The van der Waals surface area contributed by atoms with Crippen molar-refractivity contribution in [3.63, 3.8) is 0 Å². The molecule has 3 heteroatoms. The Kier molecular flexibility index (Phi) is 6.86. The van der Waals surface area contributed by atoms with Crippen LogP contribution in [0, 0.1) is 0 Å². The number of esters is 1. The van der Waals surface area contributed by atoms with Crippen LogP contribution in [0.1, 0.15) is 51.7 Å². The maximum Gasteiger partial charge on any atom is 0.303 e. The maximum atomic E-state index is 11.0. The third-order valence-electron chi connectivity index (χ3n) is 3.93. The maximum absolute atomic E-state index is 11.0. The Bertz CT molecular complexity index is 629. The van der Waals surface area contributed by atoms with E-state index in [1.807, 2.05) is 43.3 Å². The van der Waals surface area contributed by atoms with E-state index in [0.29, 0.717) is 0 Å². The van der Waals surface area contributed by atoms with Crippen LogP contribution in [-0.2, 0) is 9.53 Å². The molecule has 0 bridgehead atoms. The van der Waals surface area contributed by atoms with Crippen molar-refractivity contribution in [1.29, 1.82) is 0 Å². The molecule has 0 aromatic heterocycles. The quantitative estimate of drug-likeness (QED) is 0.471. The van der Waals surface area contributed by atoms with Gasteiger partial charge in [-0.3, -0.25) is 4.79 Å². The molecule has 0 heterocycles. The predicted molar refractivity (Wildman–Crippen MR) is 97.1 cm³/mol. The minimum atomic E-state index is -0.263. The first-order valence-corrected chi connectivity index (χ1v) is 8.60. The lowest BCUT2D eigenvalue weighted by Crippen LogP contribution is -2.04. The van der Waals surface area contributed by atoms with Gasteiger partial charge >= 0.3 is 5.97 Å². The van der Waals surface area contributed by atoms with Crippen molar-refractivity contribution in [2.24, 2.45) is 0 Å². The highest BCUT2D eigenvalue weighted by molar-refractivity contribution is 5.67. The molecule has 0 amide bonds. The molecule has 24 heavy (non-hydrogen) atoms. The van der Waals surface area contributed by atoms with Crippen molar-refractivity contribution in [3.8, 4) is 16.9 Å². The van der Waals surface area contributed by atoms with E-state index in [1.54, 1.807) is 0 Å². The highest BCUT2D eigenvalue weighted by atomic mass is 16.5. The number of carbonyl (C=O) groups is 1. The van der Waals surface area contributed by atoms with Gasteiger partial charge in [0.2, 0.25) is 0 Å². The Morgan fingerprint density at radius 2 is 1.54 bits per heavy atom. The van der Waals surface area contributed by atoms with Crippen LogP contribution in [0.2, 0.25) is 0 Å². The molecule has 2 aromatic rings. The zero-order valence-electron chi connectivity index (χ0n) is 14.7. The van der Waals surface area contributed by atoms with Crippen molar-refractivity contribution < 1.29 is 14.3 Å². The molecule has 0 aliphatic rings. The van der Waals surface area contributed by atoms with Crippen LogP contribution < -0.4 is 4.74 Å². The molecule has 3 nitrogen and oxygen atoms in total. The van der Waals surface area contributed by atoms with Gasteiger partial charge in [-0.15, -0.1) is 0 Å². The summed E-state index contributed by atoms with van der Waals surface area (Å²) < 4.78 is 10.9. The number of hydrogen-bond acceptors (Lipinski definition) is 3. The lowest BCUT2D eigenvalue weighted by molar-refractivity contribution is -0.145. The second-order valence-electron chi connectivity index (χ2n) is 5.95. The summed E-state index contributed by atoms with van der Waals surface area (Å²) in [5.74, 6) is 0.649. The summed E-state index contributed by atoms with van der Waals surface area (Å²) in [7, 11) is 0. The Labute approximate surface area is 144 Å². The molecule has 2 aromatic carbocycles. The van der Waals surface area contributed by atoms with Crippen LogP contribution in [-0.4, -0.2) is 12.6 Å². The van der Waals surface area contributed by atoms with Gasteiger partial charge in [0.25, 0.3) is 0 Å². The lowest BCUT2D eigenvalue weighted by atomic mass is 10.0. The fourth-order valence-corrected chi connectivity index (χ4v) is 2.55. The van der Waals surface area contributed by atoms with E-state index in [2.05, 4.69) is 19.1 Å². The molecule has 0 saturated carbocycles. The zero-order valence-corrected chi connectivity index (χ0v) is 14.7. The Morgan fingerprint density at radius 3 is 2.08 bits per heavy atom. The smallest absolute Gasteiger partial charge is 0.303 e. The van der Waals surface area contributed by atoms with Crippen LogP contribution in [0.3, 0.4) is 0 Å². The number of unbranched alkanes of at least 4 members (excludes halogenated alkanes) is 2. The third-order valence-corrected chi connectivity index (χ3v) is 3.93. The molecule has 0 aliphatic carbocycles. The first kappa shape index (κ1) is 18.1. The minimum absolute atomic E-state index is 0.226. The summed E-state index contributed by atoms with van der Waals surface area (Å²) in [6, 6.07) is 16.3. The van der Waals surface area contributed by atoms with Gasteiger partial charge in [-0.25, -0.2) is 0 Å². The Balaban J connectivity index is 1.97. The van der Waals surface area contributed by atoms with Gasteiger partial charge in [-0.05, 0) is 42.2 Å². The van der Waals surface area contributed by atoms with Crippen molar-refractivity contribution in [2.45, 2.75) is 46.1 Å². The van der Waals surface area contributed by atoms with Gasteiger partial charge in [0.15, 0.2) is 0 Å². The second-order valence-corrected chi connectivity index (χ2v) is 5.95. The fourth-order valence-electron chi connectivity index (χ4n) is 2.55. The summed E-state index contributed by atoms with van der Waals surface area (Å²) >= 11 is 0. The number of ether oxygens (including phenoxy) is 2. The molecule has 0 fully saturated rings. The third kappa shape index (κ3) is 5.41. The molecule has 0 spiro atoms. The highest BCUT2D eigenvalue weighted by Crippen LogP contribution is 2.25. The van der Waals surface area contributed by atoms with Crippen molar-refractivity contribution in [1.82, 2.24) is 0 Å².